The van der Waals surface area contributed by atoms with E-state index in [9.17, 15) is 0 Å². The molecule has 4 aliphatic carbocycles. The molecule has 21 aromatic rings. The van der Waals surface area contributed by atoms with Gasteiger partial charge in [-0.3, -0.25) is 0 Å². The molecule has 4 heterocycles. The molecule has 25 rings (SSSR count). The predicted molar refractivity (Wildman–Crippen MR) is 597 cm³/mol. The van der Waals surface area contributed by atoms with E-state index in [1.54, 1.807) is 0 Å². The van der Waals surface area contributed by atoms with Gasteiger partial charge in [-0.25, -0.2) is 0 Å². The number of fused-ring (bicyclic) bond motifs is 34. The maximum absolute atomic E-state index is 2.53. The van der Waals surface area contributed by atoms with Gasteiger partial charge in [-0.05, 0) is 252 Å². The number of rotatable bonds is 4. The smallest absolute Gasteiger partial charge is 0.0577 e. The molecule has 0 unspecified atom stereocenters. The second kappa shape index (κ2) is 48.4. The molecule has 0 saturated heterocycles. The lowest BCUT2D eigenvalue weighted by Crippen LogP contribution is -1.95. The standard InChI is InChI=1S/C29H21N.3C25H19N.12C2H6/c1-2-30-27-16-19-15-18-9-3-4-10-20(18)25(19)17-26(27)28-23-13-7-5-11-21(23)22-12-6-8-14-24(22)29(28)30;1-2-26-23-12-11-16-7-3-6-10-20(16)25(23)22-15-21-18(14-24(22)26)13-17-8-4-5-9-19(17)21;1-2-26-24-14-18-13-17-8-4-5-9-19(17)22(18)15-23(24)21-12-11-16-7-3-6-10-20(16)25(21)26;1-2-26-24-13-17-8-4-3-7-16(17)12-22(24)23-15-21-19(14-25(23)26)11-18-9-5-6-10-20(18)21;12*1-2/h3-14,16-17H,2,15H2,1H3;2*3-12,14-15H,2,13H2,1H3;3-10,12-15H,2,11H2,1H3;12*1-2H3. The zero-order chi connectivity index (χ0) is 95.6. The summed E-state index contributed by atoms with van der Waals surface area (Å²) in [6.45, 7) is 60.9. The second-order valence-electron chi connectivity index (χ2n) is 30.3. The van der Waals surface area contributed by atoms with Gasteiger partial charge in [0.25, 0.3) is 0 Å². The largest absolute Gasteiger partial charge is 0.341 e. The minimum absolute atomic E-state index is 0.966. The Morgan fingerprint density at radius 3 is 0.856 bits per heavy atom. The van der Waals surface area contributed by atoms with E-state index in [0.29, 0.717) is 0 Å². The van der Waals surface area contributed by atoms with Crippen molar-refractivity contribution in [2.75, 3.05) is 0 Å². The molecule has 4 nitrogen and oxygen atoms in total. The van der Waals surface area contributed by atoms with Crippen molar-refractivity contribution in [1.29, 1.82) is 0 Å². The highest BCUT2D eigenvalue weighted by Gasteiger charge is 2.28. The first-order valence-electron chi connectivity index (χ1n) is 51.0. The first-order valence-corrected chi connectivity index (χ1v) is 51.0. The molecule has 0 saturated carbocycles. The Morgan fingerprint density at radius 2 is 0.424 bits per heavy atom. The second-order valence-corrected chi connectivity index (χ2v) is 30.3. The molecule has 4 heteroatoms. The molecule has 0 N–H and O–H groups in total. The van der Waals surface area contributed by atoms with Crippen molar-refractivity contribution >= 4 is 141 Å². The average molecular weight is 1740 g/mol. The third-order valence-corrected chi connectivity index (χ3v) is 24.9. The van der Waals surface area contributed by atoms with Crippen LogP contribution >= 0.6 is 0 Å². The van der Waals surface area contributed by atoms with Crippen LogP contribution in [0.5, 0.6) is 0 Å². The van der Waals surface area contributed by atoms with Crippen molar-refractivity contribution in [3.8, 4) is 44.5 Å². The minimum atomic E-state index is 0.966. The fourth-order valence-corrected chi connectivity index (χ4v) is 20.1. The zero-order valence-electron chi connectivity index (χ0n) is 85.3. The third-order valence-electron chi connectivity index (χ3n) is 24.9. The van der Waals surface area contributed by atoms with Crippen LogP contribution in [0.4, 0.5) is 0 Å². The Morgan fingerprint density at radius 1 is 0.159 bits per heavy atom. The van der Waals surface area contributed by atoms with Crippen LogP contribution in [0.2, 0.25) is 0 Å². The van der Waals surface area contributed by atoms with Crippen molar-refractivity contribution in [3.05, 3.63) is 348 Å². The lowest BCUT2D eigenvalue weighted by atomic mass is 9.95. The molecular formula is C128H150N4. The van der Waals surface area contributed by atoms with E-state index in [1.807, 2.05) is 166 Å². The summed E-state index contributed by atoms with van der Waals surface area (Å²) in [5, 5.41) is 24.4. The van der Waals surface area contributed by atoms with Crippen LogP contribution in [0.15, 0.2) is 303 Å². The maximum atomic E-state index is 2.53. The Hall–Kier alpha value is -12.8. The molecule has 682 valence electrons. The van der Waals surface area contributed by atoms with Crippen molar-refractivity contribution in [3.63, 3.8) is 0 Å². The Labute approximate surface area is 792 Å². The number of nitrogens with zero attached hydrogens (tertiary/aromatic N) is 4. The quantitative estimate of drug-likeness (QED) is 0.157. The number of hydrogen-bond acceptors (Lipinski definition) is 0. The zero-order valence-corrected chi connectivity index (χ0v) is 85.3. The highest BCUT2D eigenvalue weighted by Crippen LogP contribution is 2.49. The van der Waals surface area contributed by atoms with Gasteiger partial charge in [0.2, 0.25) is 0 Å². The fraction of sp³-hybridized carbons (Fsp3) is 0.281. The molecule has 4 aromatic heterocycles. The number of hydrogen-bond donors (Lipinski definition) is 0. The fourth-order valence-electron chi connectivity index (χ4n) is 20.1. The van der Waals surface area contributed by atoms with E-state index in [-0.39, 0.29) is 0 Å². The molecule has 0 aliphatic heterocycles. The molecule has 0 fully saturated rings. The summed E-state index contributed by atoms with van der Waals surface area (Å²) in [6, 6.07) is 113. The summed E-state index contributed by atoms with van der Waals surface area (Å²) in [5.41, 5.74) is 33.8. The lowest BCUT2D eigenvalue weighted by molar-refractivity contribution is 0.827. The SMILES string of the molecule is CC.CC.CC.CC.CC.CC.CC.CC.CC.CC.CC.CC.CCn1c2cc3c(cc2c2c4ccccc4c4ccccc4c21)-c1ccccc1C3.CCn1c2cc3c(cc2c2c4ccccc4ccc21)-c1ccccc1C3.CCn1c2cc3c(cc2c2cc4ccccc4cc21)-c1ccccc1C3.CCn1c2cc3c(cc2c2ccc4ccccc4c21)-c1ccccc1C3. The normalized spacial score (nSPS) is 11.0. The van der Waals surface area contributed by atoms with Gasteiger partial charge in [0, 0.05) is 113 Å². The van der Waals surface area contributed by atoms with Gasteiger partial charge in [-0.15, -0.1) is 0 Å². The van der Waals surface area contributed by atoms with Crippen LogP contribution in [-0.4, -0.2) is 18.3 Å². The summed E-state index contributed by atoms with van der Waals surface area (Å²) < 4.78 is 9.97. The van der Waals surface area contributed by atoms with Gasteiger partial charge in [0.1, 0.15) is 0 Å². The monoisotopic (exact) mass is 1740 g/mol. The highest BCUT2D eigenvalue weighted by atomic mass is 15.0. The topological polar surface area (TPSA) is 19.7 Å². The molecule has 4 aliphatic rings. The molecule has 0 bridgehead atoms. The summed E-state index contributed by atoms with van der Waals surface area (Å²) in [6.07, 6.45) is 4.18. The van der Waals surface area contributed by atoms with Crippen molar-refractivity contribution in [1.82, 2.24) is 18.3 Å². The van der Waals surface area contributed by atoms with Crippen LogP contribution in [-0.2, 0) is 51.9 Å². The van der Waals surface area contributed by atoms with Gasteiger partial charge in [-0.2, -0.15) is 0 Å². The average Bonchev–Trinajstić information content (AvgIpc) is 1.54. The summed E-state index contributed by atoms with van der Waals surface area (Å²) >= 11 is 0. The Kier molecular flexibility index (Phi) is 37.2. The van der Waals surface area contributed by atoms with E-state index >= 15 is 0 Å². The Bertz CT molecular complexity index is 7350. The first-order chi connectivity index (χ1) is 65.4. The highest BCUT2D eigenvalue weighted by molar-refractivity contribution is 6.32. The first kappa shape index (κ1) is 101. The molecule has 132 heavy (non-hydrogen) atoms. The van der Waals surface area contributed by atoms with Crippen molar-refractivity contribution in [2.45, 2.75) is 246 Å². The number of benzene rings is 17. The molecular weight excluding hydrogens is 1590 g/mol. The van der Waals surface area contributed by atoms with Gasteiger partial charge < -0.3 is 18.3 Å². The van der Waals surface area contributed by atoms with Crippen LogP contribution in [0.3, 0.4) is 0 Å². The number of aromatic nitrogens is 4. The van der Waals surface area contributed by atoms with Gasteiger partial charge in [0.05, 0.1) is 11.0 Å². The third kappa shape index (κ3) is 18.5. The van der Waals surface area contributed by atoms with Crippen LogP contribution in [0.1, 0.15) is 238 Å². The van der Waals surface area contributed by atoms with Crippen molar-refractivity contribution in [2.24, 2.45) is 0 Å². The molecule has 17 aromatic carbocycles. The van der Waals surface area contributed by atoms with Gasteiger partial charge in [0.15, 0.2) is 0 Å². The molecule has 0 radical (unpaired) electrons. The Balaban J connectivity index is 0.000000170. The van der Waals surface area contributed by atoms with Gasteiger partial charge in [-0.1, -0.05) is 403 Å². The van der Waals surface area contributed by atoms with Crippen molar-refractivity contribution < 1.29 is 0 Å². The van der Waals surface area contributed by atoms with E-state index in [4.69, 9.17) is 0 Å². The van der Waals surface area contributed by atoms with Crippen LogP contribution in [0, 0.1) is 0 Å². The summed E-state index contributed by atoms with van der Waals surface area (Å²) in [7, 11) is 0. The van der Waals surface area contributed by atoms with Crippen LogP contribution < -0.4 is 0 Å². The summed E-state index contributed by atoms with van der Waals surface area (Å²) in [4.78, 5) is 0. The molecule has 0 atom stereocenters. The van der Waals surface area contributed by atoms with Gasteiger partial charge >= 0.3 is 0 Å². The molecule has 0 spiro atoms. The minimum Gasteiger partial charge on any atom is -0.341 e. The maximum Gasteiger partial charge on any atom is 0.0577 e. The molecule has 0 amide bonds. The summed E-state index contributed by atoms with van der Waals surface area (Å²) in [5.74, 6) is 0. The van der Waals surface area contributed by atoms with E-state index < -0.39 is 0 Å². The van der Waals surface area contributed by atoms with E-state index in [1.165, 1.54) is 230 Å². The lowest BCUT2D eigenvalue weighted by Gasteiger charge is -2.10. The number of aryl methyl sites for hydroxylation is 4. The van der Waals surface area contributed by atoms with E-state index in [2.05, 4.69) is 349 Å². The predicted octanol–water partition coefficient (Wildman–Crippen LogP) is 39.6. The van der Waals surface area contributed by atoms with Crippen LogP contribution in [0.25, 0.3) is 186 Å². The van der Waals surface area contributed by atoms with E-state index in [0.717, 1.165) is 51.9 Å².